The highest BCUT2D eigenvalue weighted by molar-refractivity contribution is 7.15. The monoisotopic (exact) mass is 380 g/mol. The molecule has 1 aromatic heterocycles. The molecule has 1 aliphatic rings. The Morgan fingerprint density at radius 3 is 2.72 bits per heavy atom. The summed E-state index contributed by atoms with van der Waals surface area (Å²) in [5.74, 6) is 1.18. The highest BCUT2D eigenvalue weighted by Crippen LogP contribution is 2.29. The molecule has 0 bridgehead atoms. The topological polar surface area (TPSA) is 50.4 Å². The summed E-state index contributed by atoms with van der Waals surface area (Å²) in [6.07, 6.45) is 1.85. The third kappa shape index (κ3) is 5.21. The van der Waals surface area contributed by atoms with Crippen molar-refractivity contribution in [3.05, 3.63) is 41.3 Å². The van der Waals surface area contributed by atoms with E-state index >= 15 is 0 Å². The van der Waals surface area contributed by atoms with Crippen molar-refractivity contribution >= 4 is 29.7 Å². The Balaban J connectivity index is 0.00000225. The van der Waals surface area contributed by atoms with Crippen LogP contribution in [0.1, 0.15) is 24.6 Å². The standard InChI is InChI=1S/C19H24N2O2S.ClH/c1-13-11-15(9-10-20-13)19(22)21-12-17-7-8-18(24-17)14-3-5-16(23-2)6-4-14;/h3-8,13,15,20H,9-12H2,1-2H3,(H,21,22);1H/t13-,15-;/m0./s1. The molecule has 2 heterocycles. The molecule has 0 saturated carbocycles. The van der Waals surface area contributed by atoms with Crippen LogP contribution in [0.3, 0.4) is 0 Å². The van der Waals surface area contributed by atoms with Gasteiger partial charge in [-0.1, -0.05) is 0 Å². The molecule has 3 rings (SSSR count). The molecule has 0 radical (unpaired) electrons. The molecular weight excluding hydrogens is 356 g/mol. The van der Waals surface area contributed by atoms with E-state index in [2.05, 4.69) is 41.8 Å². The second-order valence-corrected chi connectivity index (χ2v) is 7.46. The SMILES string of the molecule is COc1ccc(-c2ccc(CNC(=O)[C@H]3CCN[C@@H](C)C3)s2)cc1.Cl. The quantitative estimate of drug-likeness (QED) is 0.828. The fourth-order valence-corrected chi connectivity index (χ4v) is 4.02. The fraction of sp³-hybridized carbons (Fsp3) is 0.421. The number of benzene rings is 1. The zero-order valence-corrected chi connectivity index (χ0v) is 16.2. The molecule has 1 fully saturated rings. The van der Waals surface area contributed by atoms with E-state index in [1.165, 1.54) is 15.3 Å². The van der Waals surface area contributed by atoms with E-state index in [4.69, 9.17) is 4.74 Å². The lowest BCUT2D eigenvalue weighted by atomic mass is 9.92. The van der Waals surface area contributed by atoms with Gasteiger partial charge >= 0.3 is 0 Å². The van der Waals surface area contributed by atoms with Crippen molar-refractivity contribution in [2.45, 2.75) is 32.4 Å². The molecule has 2 aromatic rings. The molecule has 136 valence electrons. The smallest absolute Gasteiger partial charge is 0.223 e. The van der Waals surface area contributed by atoms with Gasteiger partial charge in [-0.05, 0) is 68.3 Å². The van der Waals surface area contributed by atoms with E-state index in [1.54, 1.807) is 18.4 Å². The maximum atomic E-state index is 12.3. The molecule has 25 heavy (non-hydrogen) atoms. The van der Waals surface area contributed by atoms with Gasteiger partial charge in [-0.2, -0.15) is 0 Å². The minimum absolute atomic E-state index is 0. The first-order valence-corrected chi connectivity index (χ1v) is 9.21. The zero-order chi connectivity index (χ0) is 16.9. The first-order valence-electron chi connectivity index (χ1n) is 8.40. The van der Waals surface area contributed by atoms with Gasteiger partial charge in [0, 0.05) is 21.7 Å². The number of carbonyl (C=O) groups is 1. The van der Waals surface area contributed by atoms with Crippen LogP contribution in [-0.4, -0.2) is 25.6 Å². The maximum absolute atomic E-state index is 12.3. The molecular formula is C19H25ClN2O2S. The van der Waals surface area contributed by atoms with E-state index < -0.39 is 0 Å². The summed E-state index contributed by atoms with van der Waals surface area (Å²) in [5.41, 5.74) is 1.17. The number of amides is 1. The van der Waals surface area contributed by atoms with Gasteiger partial charge in [-0.15, -0.1) is 23.7 Å². The number of halogens is 1. The van der Waals surface area contributed by atoms with Crippen LogP contribution in [0.4, 0.5) is 0 Å². The number of nitrogens with one attached hydrogen (secondary N) is 2. The second-order valence-electron chi connectivity index (χ2n) is 6.29. The Bertz CT molecular complexity index is 687. The molecule has 1 aliphatic heterocycles. The molecule has 1 amide bonds. The summed E-state index contributed by atoms with van der Waals surface area (Å²) in [7, 11) is 1.67. The molecule has 6 heteroatoms. The lowest BCUT2D eigenvalue weighted by Crippen LogP contribution is -2.42. The normalized spacial score (nSPS) is 19.8. The third-order valence-electron chi connectivity index (χ3n) is 4.47. The Hall–Kier alpha value is -1.56. The molecule has 0 unspecified atom stereocenters. The van der Waals surface area contributed by atoms with Crippen molar-refractivity contribution in [2.75, 3.05) is 13.7 Å². The number of methoxy groups -OCH3 is 1. The zero-order valence-electron chi connectivity index (χ0n) is 14.6. The van der Waals surface area contributed by atoms with Crippen molar-refractivity contribution in [1.82, 2.24) is 10.6 Å². The average molecular weight is 381 g/mol. The van der Waals surface area contributed by atoms with E-state index in [0.717, 1.165) is 25.1 Å². The van der Waals surface area contributed by atoms with Gasteiger partial charge in [-0.25, -0.2) is 0 Å². The van der Waals surface area contributed by atoms with Gasteiger partial charge in [0.05, 0.1) is 13.7 Å². The summed E-state index contributed by atoms with van der Waals surface area (Å²) < 4.78 is 5.19. The minimum Gasteiger partial charge on any atom is -0.497 e. The highest BCUT2D eigenvalue weighted by atomic mass is 35.5. The van der Waals surface area contributed by atoms with E-state index in [9.17, 15) is 4.79 Å². The summed E-state index contributed by atoms with van der Waals surface area (Å²) >= 11 is 1.72. The molecule has 4 nitrogen and oxygen atoms in total. The number of hydrogen-bond acceptors (Lipinski definition) is 4. The summed E-state index contributed by atoms with van der Waals surface area (Å²) in [6.45, 7) is 3.68. The van der Waals surface area contributed by atoms with Crippen LogP contribution in [0.5, 0.6) is 5.75 Å². The summed E-state index contributed by atoms with van der Waals surface area (Å²) in [5, 5.41) is 6.48. The van der Waals surface area contributed by atoms with Crippen molar-refractivity contribution < 1.29 is 9.53 Å². The number of rotatable bonds is 5. The van der Waals surface area contributed by atoms with E-state index in [1.807, 2.05) is 12.1 Å². The lowest BCUT2D eigenvalue weighted by molar-refractivity contribution is -0.126. The third-order valence-corrected chi connectivity index (χ3v) is 5.60. The van der Waals surface area contributed by atoms with Crippen molar-refractivity contribution in [1.29, 1.82) is 0 Å². The number of carbonyl (C=O) groups excluding carboxylic acids is 1. The minimum atomic E-state index is 0. The average Bonchev–Trinajstić information content (AvgIpc) is 3.09. The van der Waals surface area contributed by atoms with Gasteiger partial charge < -0.3 is 15.4 Å². The molecule has 1 aromatic carbocycles. The first kappa shape index (κ1) is 19.8. The number of ether oxygens (including phenoxy) is 1. The van der Waals surface area contributed by atoms with Gasteiger partial charge in [0.1, 0.15) is 5.75 Å². The number of hydrogen-bond donors (Lipinski definition) is 2. The van der Waals surface area contributed by atoms with Crippen molar-refractivity contribution in [3.63, 3.8) is 0 Å². The van der Waals surface area contributed by atoms with Crippen LogP contribution < -0.4 is 15.4 Å². The highest BCUT2D eigenvalue weighted by Gasteiger charge is 2.24. The first-order chi connectivity index (χ1) is 11.7. The predicted octanol–water partition coefficient (Wildman–Crippen LogP) is 3.85. The molecule has 0 aliphatic carbocycles. The van der Waals surface area contributed by atoms with E-state index in [-0.39, 0.29) is 24.2 Å². The van der Waals surface area contributed by atoms with Gasteiger partial charge in [0.2, 0.25) is 5.91 Å². The Labute approximate surface area is 159 Å². The van der Waals surface area contributed by atoms with Crippen LogP contribution in [0, 0.1) is 5.92 Å². The molecule has 2 N–H and O–H groups in total. The second kappa shape index (κ2) is 9.22. The number of thiophene rings is 1. The van der Waals surface area contributed by atoms with Crippen LogP contribution in [-0.2, 0) is 11.3 Å². The fourth-order valence-electron chi connectivity index (χ4n) is 3.07. The van der Waals surface area contributed by atoms with Gasteiger partial charge in [-0.3, -0.25) is 4.79 Å². The summed E-state index contributed by atoms with van der Waals surface area (Å²) in [4.78, 5) is 14.7. The Morgan fingerprint density at radius 2 is 2.04 bits per heavy atom. The van der Waals surface area contributed by atoms with Crippen LogP contribution in [0.2, 0.25) is 0 Å². The predicted molar refractivity (Wildman–Crippen MR) is 106 cm³/mol. The van der Waals surface area contributed by atoms with Crippen molar-refractivity contribution in [3.8, 4) is 16.2 Å². The molecule has 1 saturated heterocycles. The van der Waals surface area contributed by atoms with Gasteiger partial charge in [0.15, 0.2) is 0 Å². The Kier molecular flexibility index (Phi) is 7.29. The van der Waals surface area contributed by atoms with Gasteiger partial charge in [0.25, 0.3) is 0 Å². The Morgan fingerprint density at radius 1 is 1.28 bits per heavy atom. The number of piperidine rings is 1. The lowest BCUT2D eigenvalue weighted by Gasteiger charge is -2.27. The van der Waals surface area contributed by atoms with Crippen molar-refractivity contribution in [2.24, 2.45) is 5.92 Å². The van der Waals surface area contributed by atoms with Crippen LogP contribution in [0.15, 0.2) is 36.4 Å². The largest absolute Gasteiger partial charge is 0.497 e. The molecule has 0 spiro atoms. The summed E-state index contributed by atoms with van der Waals surface area (Å²) in [6, 6.07) is 12.7. The maximum Gasteiger partial charge on any atom is 0.223 e. The van der Waals surface area contributed by atoms with Crippen LogP contribution in [0.25, 0.3) is 10.4 Å². The molecule has 2 atom stereocenters. The van der Waals surface area contributed by atoms with Crippen LogP contribution >= 0.6 is 23.7 Å². The van der Waals surface area contributed by atoms with E-state index in [0.29, 0.717) is 12.6 Å².